The molecule has 1 aliphatic heterocycles. The molecule has 6 nitrogen and oxygen atoms in total. The molecule has 0 saturated carbocycles. The topological polar surface area (TPSA) is 75.7 Å². The van der Waals surface area contributed by atoms with Crippen LogP contribution in [0.3, 0.4) is 0 Å². The Balaban J connectivity index is 2.40. The lowest BCUT2D eigenvalue weighted by atomic mass is 10.2. The zero-order valence-electron chi connectivity index (χ0n) is 11.7. The van der Waals surface area contributed by atoms with Crippen LogP contribution in [0.25, 0.3) is 0 Å². The van der Waals surface area contributed by atoms with E-state index in [4.69, 9.17) is 4.74 Å². The summed E-state index contributed by atoms with van der Waals surface area (Å²) >= 11 is 0. The summed E-state index contributed by atoms with van der Waals surface area (Å²) in [6, 6.07) is -0.320. The molecule has 19 heavy (non-hydrogen) atoms. The van der Waals surface area contributed by atoms with Crippen LogP contribution in [-0.4, -0.2) is 70.1 Å². The van der Waals surface area contributed by atoms with Crippen molar-refractivity contribution in [1.82, 2.24) is 10.2 Å². The van der Waals surface area contributed by atoms with Crippen LogP contribution < -0.4 is 5.32 Å². The summed E-state index contributed by atoms with van der Waals surface area (Å²) < 4.78 is 28.0. The van der Waals surface area contributed by atoms with E-state index in [9.17, 15) is 13.2 Å². The molecule has 1 saturated heterocycles. The number of hydrogen-bond acceptors (Lipinski definition) is 6. The Kier molecular flexibility index (Phi) is 6.74. The third kappa shape index (κ3) is 5.88. The van der Waals surface area contributed by atoms with E-state index in [1.807, 2.05) is 0 Å². The van der Waals surface area contributed by atoms with Crippen LogP contribution in [0.15, 0.2) is 0 Å². The molecule has 1 N–H and O–H groups in total. The Morgan fingerprint density at radius 2 is 2.11 bits per heavy atom. The molecule has 1 aliphatic rings. The van der Waals surface area contributed by atoms with E-state index >= 15 is 0 Å². The second kappa shape index (κ2) is 7.81. The zero-order chi connectivity index (χ0) is 14.3. The van der Waals surface area contributed by atoms with E-state index in [-0.39, 0.29) is 23.5 Å². The smallest absolute Gasteiger partial charge is 0.323 e. The normalized spacial score (nSPS) is 21.6. The van der Waals surface area contributed by atoms with Crippen molar-refractivity contribution >= 4 is 15.8 Å². The summed E-state index contributed by atoms with van der Waals surface area (Å²) in [5, 5.41) is 2.94. The summed E-state index contributed by atoms with van der Waals surface area (Å²) in [4.78, 5) is 13.7. The highest BCUT2D eigenvalue weighted by Gasteiger charge is 2.22. The number of nitrogens with one attached hydrogen (secondary N) is 1. The highest BCUT2D eigenvalue weighted by molar-refractivity contribution is 7.91. The Hall–Kier alpha value is -0.660. The minimum absolute atomic E-state index is 0.219. The van der Waals surface area contributed by atoms with Crippen LogP contribution in [0.2, 0.25) is 0 Å². The van der Waals surface area contributed by atoms with E-state index in [2.05, 4.69) is 10.2 Å². The van der Waals surface area contributed by atoms with Crippen LogP contribution >= 0.6 is 0 Å². The van der Waals surface area contributed by atoms with Crippen LogP contribution in [-0.2, 0) is 19.4 Å². The van der Waals surface area contributed by atoms with E-state index in [1.54, 1.807) is 14.0 Å². The Morgan fingerprint density at radius 1 is 1.37 bits per heavy atom. The van der Waals surface area contributed by atoms with E-state index in [0.29, 0.717) is 32.5 Å². The summed E-state index contributed by atoms with van der Waals surface area (Å²) in [6.07, 6.45) is 1.31. The molecule has 0 amide bonds. The van der Waals surface area contributed by atoms with Gasteiger partial charge in [0.15, 0.2) is 9.84 Å². The third-order valence-electron chi connectivity index (χ3n) is 3.30. The lowest BCUT2D eigenvalue weighted by Gasteiger charge is -2.22. The molecule has 7 heteroatoms. The van der Waals surface area contributed by atoms with Gasteiger partial charge in [0.1, 0.15) is 6.04 Å². The van der Waals surface area contributed by atoms with Gasteiger partial charge in [-0.1, -0.05) is 0 Å². The molecule has 112 valence electrons. The number of nitrogens with zero attached hydrogens (tertiary/aromatic N) is 1. The maximum absolute atomic E-state index is 11.6. The van der Waals surface area contributed by atoms with Crippen molar-refractivity contribution in [3.8, 4) is 0 Å². The largest absolute Gasteiger partial charge is 0.465 e. The third-order valence-corrected chi connectivity index (χ3v) is 5.02. The number of carbonyl (C=O) groups is 1. The van der Waals surface area contributed by atoms with Gasteiger partial charge >= 0.3 is 5.97 Å². The number of ether oxygens (including phenoxy) is 1. The summed E-state index contributed by atoms with van der Waals surface area (Å²) in [6.45, 7) is 4.20. The highest BCUT2D eigenvalue weighted by atomic mass is 32.2. The molecule has 0 radical (unpaired) electrons. The van der Waals surface area contributed by atoms with Gasteiger partial charge < -0.3 is 15.0 Å². The minimum Gasteiger partial charge on any atom is -0.465 e. The van der Waals surface area contributed by atoms with Crippen molar-refractivity contribution in [3.63, 3.8) is 0 Å². The second-order valence-corrected chi connectivity index (χ2v) is 7.03. The SMILES string of the molecule is CCOC(=O)C(CCN1CCCS(=O)(=O)CC1)NC. The highest BCUT2D eigenvalue weighted by Crippen LogP contribution is 2.07. The van der Waals surface area contributed by atoms with Gasteiger partial charge in [0, 0.05) is 13.1 Å². The van der Waals surface area contributed by atoms with Gasteiger partial charge in [0.2, 0.25) is 0 Å². The summed E-state index contributed by atoms with van der Waals surface area (Å²) in [7, 11) is -1.14. The quantitative estimate of drug-likeness (QED) is 0.674. The van der Waals surface area contributed by atoms with Gasteiger partial charge in [0.25, 0.3) is 0 Å². The summed E-state index contributed by atoms with van der Waals surface area (Å²) in [5.74, 6) is 0.250. The fourth-order valence-electron chi connectivity index (χ4n) is 2.15. The molecule has 0 aromatic heterocycles. The monoisotopic (exact) mass is 292 g/mol. The van der Waals surface area contributed by atoms with Crippen LogP contribution in [0.5, 0.6) is 0 Å². The van der Waals surface area contributed by atoms with Crippen LogP contribution in [0.1, 0.15) is 19.8 Å². The van der Waals surface area contributed by atoms with Gasteiger partial charge in [-0.15, -0.1) is 0 Å². The molecule has 1 heterocycles. The second-order valence-electron chi connectivity index (χ2n) is 4.73. The molecular weight excluding hydrogens is 268 g/mol. The number of hydrogen-bond donors (Lipinski definition) is 1. The Labute approximate surface area is 115 Å². The molecule has 1 atom stereocenters. The minimum atomic E-state index is -2.87. The van der Waals surface area contributed by atoms with Crippen molar-refractivity contribution in [2.75, 3.05) is 44.8 Å². The first kappa shape index (κ1) is 16.4. The predicted molar refractivity (Wildman–Crippen MR) is 73.8 cm³/mol. The van der Waals surface area contributed by atoms with Crippen LogP contribution in [0, 0.1) is 0 Å². The maximum Gasteiger partial charge on any atom is 0.323 e. The molecular formula is C12H24N2O4S. The molecule has 0 spiro atoms. The number of esters is 1. The van der Waals surface area contributed by atoms with E-state index in [1.165, 1.54) is 0 Å². The van der Waals surface area contributed by atoms with Gasteiger partial charge in [-0.2, -0.15) is 0 Å². The van der Waals surface area contributed by atoms with Gasteiger partial charge in [-0.05, 0) is 33.4 Å². The molecule has 0 aromatic rings. The molecule has 1 fully saturated rings. The molecule has 1 rings (SSSR count). The average Bonchev–Trinajstić information content (AvgIpc) is 2.52. The number of rotatable bonds is 6. The van der Waals surface area contributed by atoms with Crippen molar-refractivity contribution < 1.29 is 17.9 Å². The Bertz CT molecular complexity index is 383. The average molecular weight is 292 g/mol. The van der Waals surface area contributed by atoms with Gasteiger partial charge in [-0.3, -0.25) is 4.79 Å². The van der Waals surface area contributed by atoms with E-state index < -0.39 is 9.84 Å². The standard InChI is InChI=1S/C12H24N2O4S/c1-3-18-12(15)11(13-2)5-7-14-6-4-9-19(16,17)10-8-14/h11,13H,3-10H2,1-2H3. The Morgan fingerprint density at radius 3 is 2.74 bits per heavy atom. The fourth-order valence-corrected chi connectivity index (χ4v) is 3.46. The van der Waals surface area contributed by atoms with Crippen molar-refractivity contribution in [2.24, 2.45) is 0 Å². The predicted octanol–water partition coefficient (Wildman–Crippen LogP) is -0.352. The molecule has 1 unspecified atom stereocenters. The van der Waals surface area contributed by atoms with Gasteiger partial charge in [-0.25, -0.2) is 8.42 Å². The zero-order valence-corrected chi connectivity index (χ0v) is 12.5. The van der Waals surface area contributed by atoms with Crippen molar-refractivity contribution in [2.45, 2.75) is 25.8 Å². The molecule has 0 bridgehead atoms. The van der Waals surface area contributed by atoms with Crippen LogP contribution in [0.4, 0.5) is 0 Å². The van der Waals surface area contributed by atoms with Crippen molar-refractivity contribution in [1.29, 1.82) is 0 Å². The fraction of sp³-hybridized carbons (Fsp3) is 0.917. The first-order chi connectivity index (χ1) is 8.98. The lowest BCUT2D eigenvalue weighted by Crippen LogP contribution is -2.39. The number of carbonyl (C=O) groups excluding carboxylic acids is 1. The summed E-state index contributed by atoms with van der Waals surface area (Å²) in [5.41, 5.74) is 0. The van der Waals surface area contributed by atoms with Crippen molar-refractivity contribution in [3.05, 3.63) is 0 Å². The molecule has 0 aliphatic carbocycles. The first-order valence-corrected chi connectivity index (χ1v) is 8.57. The van der Waals surface area contributed by atoms with E-state index in [0.717, 1.165) is 6.54 Å². The lowest BCUT2D eigenvalue weighted by molar-refractivity contribution is -0.145. The number of likely N-dealkylation sites (N-methyl/N-ethyl adjacent to an activating group) is 1. The maximum atomic E-state index is 11.6. The first-order valence-electron chi connectivity index (χ1n) is 6.75. The molecule has 0 aromatic carbocycles. The van der Waals surface area contributed by atoms with Gasteiger partial charge in [0.05, 0.1) is 18.1 Å². The number of sulfone groups is 1.